The van der Waals surface area contributed by atoms with E-state index in [4.69, 9.17) is 0 Å². The average Bonchev–Trinajstić information content (AvgIpc) is 2.80. The number of aryl methyl sites for hydroxylation is 1. The Hall–Kier alpha value is -0.370. The number of rotatable bonds is 6. The van der Waals surface area contributed by atoms with Crippen molar-refractivity contribution >= 4 is 41.3 Å². The molecule has 1 aromatic heterocycles. The Morgan fingerprint density at radius 3 is 2.53 bits per heavy atom. The SMILES string of the molecule is CCC(CC)CNC(=NC)NCc1ncc(C)s1.I. The molecule has 1 heterocycles. The smallest absolute Gasteiger partial charge is 0.191 e. The maximum absolute atomic E-state index is 4.32. The summed E-state index contributed by atoms with van der Waals surface area (Å²) in [7, 11) is 1.80. The second kappa shape index (κ2) is 10.4. The molecule has 4 nitrogen and oxygen atoms in total. The Balaban J connectivity index is 0.00000324. The van der Waals surface area contributed by atoms with Crippen LogP contribution >= 0.6 is 35.3 Å². The average molecular weight is 396 g/mol. The number of thiazole rings is 1. The highest BCUT2D eigenvalue weighted by Crippen LogP contribution is 2.10. The monoisotopic (exact) mass is 396 g/mol. The quantitative estimate of drug-likeness (QED) is 0.441. The number of hydrogen-bond acceptors (Lipinski definition) is 3. The van der Waals surface area contributed by atoms with E-state index in [1.54, 1.807) is 18.4 Å². The third-order valence-electron chi connectivity index (χ3n) is 3.01. The van der Waals surface area contributed by atoms with Crippen molar-refractivity contribution in [2.45, 2.75) is 40.2 Å². The molecule has 0 radical (unpaired) electrons. The van der Waals surface area contributed by atoms with Gasteiger partial charge in [-0.2, -0.15) is 0 Å². The van der Waals surface area contributed by atoms with Gasteiger partial charge in [0, 0.05) is 24.7 Å². The summed E-state index contributed by atoms with van der Waals surface area (Å²) in [5.74, 6) is 1.57. The Bertz CT molecular complexity index is 374. The predicted octanol–water partition coefficient (Wildman–Crippen LogP) is 3.17. The molecule has 19 heavy (non-hydrogen) atoms. The second-order valence-electron chi connectivity index (χ2n) is 4.35. The van der Waals surface area contributed by atoms with E-state index in [1.807, 2.05) is 6.20 Å². The van der Waals surface area contributed by atoms with Crippen LogP contribution < -0.4 is 10.6 Å². The van der Waals surface area contributed by atoms with Gasteiger partial charge < -0.3 is 10.6 Å². The molecule has 0 unspecified atom stereocenters. The van der Waals surface area contributed by atoms with Crippen LogP contribution in [0.25, 0.3) is 0 Å². The molecule has 2 N–H and O–H groups in total. The minimum Gasteiger partial charge on any atom is -0.356 e. The highest BCUT2D eigenvalue weighted by atomic mass is 127. The Morgan fingerprint density at radius 2 is 2.05 bits per heavy atom. The number of guanidine groups is 1. The lowest BCUT2D eigenvalue weighted by molar-refractivity contribution is 0.481. The van der Waals surface area contributed by atoms with E-state index in [0.717, 1.165) is 24.1 Å². The van der Waals surface area contributed by atoms with Gasteiger partial charge >= 0.3 is 0 Å². The summed E-state index contributed by atoms with van der Waals surface area (Å²) < 4.78 is 0. The van der Waals surface area contributed by atoms with Crippen molar-refractivity contribution < 1.29 is 0 Å². The molecular weight excluding hydrogens is 371 g/mol. The van der Waals surface area contributed by atoms with Crippen LogP contribution in [0.4, 0.5) is 0 Å². The van der Waals surface area contributed by atoms with Crippen LogP contribution in [0.1, 0.15) is 36.6 Å². The van der Waals surface area contributed by atoms with Crippen LogP contribution in [0.2, 0.25) is 0 Å². The van der Waals surface area contributed by atoms with Crippen molar-refractivity contribution in [2.24, 2.45) is 10.9 Å². The van der Waals surface area contributed by atoms with Crippen LogP contribution in [0, 0.1) is 12.8 Å². The molecule has 0 aromatic carbocycles. The zero-order valence-electron chi connectivity index (χ0n) is 12.2. The van der Waals surface area contributed by atoms with Gasteiger partial charge in [0.1, 0.15) is 5.01 Å². The van der Waals surface area contributed by atoms with Crippen molar-refractivity contribution in [3.63, 3.8) is 0 Å². The zero-order valence-corrected chi connectivity index (χ0v) is 15.3. The molecule has 0 aliphatic rings. The summed E-state index contributed by atoms with van der Waals surface area (Å²) in [5, 5.41) is 7.75. The van der Waals surface area contributed by atoms with E-state index >= 15 is 0 Å². The first kappa shape index (κ1) is 18.6. The van der Waals surface area contributed by atoms with Crippen molar-refractivity contribution in [3.8, 4) is 0 Å². The first-order valence-corrected chi connectivity index (χ1v) is 7.37. The Morgan fingerprint density at radius 1 is 1.37 bits per heavy atom. The molecule has 0 amide bonds. The fourth-order valence-electron chi connectivity index (χ4n) is 1.68. The number of hydrogen-bond donors (Lipinski definition) is 2. The molecule has 6 heteroatoms. The highest BCUT2D eigenvalue weighted by molar-refractivity contribution is 14.0. The number of aromatic nitrogens is 1. The fraction of sp³-hybridized carbons (Fsp3) is 0.692. The minimum absolute atomic E-state index is 0. The van der Waals surface area contributed by atoms with E-state index in [1.165, 1.54) is 17.7 Å². The summed E-state index contributed by atoms with van der Waals surface area (Å²) >= 11 is 1.72. The molecule has 0 fully saturated rings. The molecule has 0 saturated heterocycles. The van der Waals surface area contributed by atoms with E-state index in [-0.39, 0.29) is 24.0 Å². The summed E-state index contributed by atoms with van der Waals surface area (Å²) in [5.41, 5.74) is 0. The summed E-state index contributed by atoms with van der Waals surface area (Å²) in [4.78, 5) is 9.79. The number of nitrogens with one attached hydrogen (secondary N) is 2. The normalized spacial score (nSPS) is 11.3. The maximum atomic E-state index is 4.32. The van der Waals surface area contributed by atoms with Crippen LogP contribution in [0.3, 0.4) is 0 Å². The molecule has 0 atom stereocenters. The molecule has 0 bridgehead atoms. The van der Waals surface area contributed by atoms with Crippen molar-refractivity contribution in [1.29, 1.82) is 0 Å². The molecule has 1 aromatic rings. The molecule has 110 valence electrons. The Kier molecular flexibility index (Phi) is 10.2. The standard InChI is InChI=1S/C13H24N4S.HI/c1-5-11(6-2)8-16-13(14-4)17-9-12-15-7-10(3)18-12;/h7,11H,5-6,8-9H2,1-4H3,(H2,14,16,17);1H. The van der Waals surface area contributed by atoms with Gasteiger partial charge in [-0.15, -0.1) is 35.3 Å². The molecule has 0 spiro atoms. The van der Waals surface area contributed by atoms with Gasteiger partial charge in [-0.1, -0.05) is 26.7 Å². The van der Waals surface area contributed by atoms with E-state index in [0.29, 0.717) is 5.92 Å². The van der Waals surface area contributed by atoms with Crippen molar-refractivity contribution in [3.05, 3.63) is 16.1 Å². The topological polar surface area (TPSA) is 49.3 Å². The third kappa shape index (κ3) is 7.10. The summed E-state index contributed by atoms with van der Waals surface area (Å²) in [6, 6.07) is 0. The summed E-state index contributed by atoms with van der Waals surface area (Å²) in [6.07, 6.45) is 4.31. The van der Waals surface area contributed by atoms with Crippen LogP contribution in [0.5, 0.6) is 0 Å². The second-order valence-corrected chi connectivity index (χ2v) is 5.67. The van der Waals surface area contributed by atoms with Crippen molar-refractivity contribution in [2.75, 3.05) is 13.6 Å². The van der Waals surface area contributed by atoms with Crippen molar-refractivity contribution in [1.82, 2.24) is 15.6 Å². The molecule has 1 rings (SSSR count). The lowest BCUT2D eigenvalue weighted by atomic mass is 10.0. The molecule has 0 saturated carbocycles. The van der Waals surface area contributed by atoms with Gasteiger partial charge in [0.2, 0.25) is 0 Å². The first-order chi connectivity index (χ1) is 8.69. The van der Waals surface area contributed by atoms with Crippen LogP contribution in [-0.4, -0.2) is 24.5 Å². The van der Waals surface area contributed by atoms with Gasteiger partial charge in [0.15, 0.2) is 5.96 Å². The summed E-state index contributed by atoms with van der Waals surface area (Å²) in [6.45, 7) is 8.24. The highest BCUT2D eigenvalue weighted by Gasteiger charge is 2.05. The van der Waals surface area contributed by atoms with Gasteiger partial charge in [0.05, 0.1) is 6.54 Å². The lowest BCUT2D eigenvalue weighted by Crippen LogP contribution is -2.39. The van der Waals surface area contributed by atoms with Crippen LogP contribution in [0.15, 0.2) is 11.2 Å². The van der Waals surface area contributed by atoms with Gasteiger partial charge in [-0.05, 0) is 12.8 Å². The van der Waals surface area contributed by atoms with E-state index < -0.39 is 0 Å². The van der Waals surface area contributed by atoms with Gasteiger partial charge in [-0.25, -0.2) is 4.98 Å². The number of nitrogens with zero attached hydrogens (tertiary/aromatic N) is 2. The predicted molar refractivity (Wildman–Crippen MR) is 94.5 cm³/mol. The maximum Gasteiger partial charge on any atom is 0.191 e. The Labute approximate surface area is 137 Å². The van der Waals surface area contributed by atoms with Gasteiger partial charge in [0.25, 0.3) is 0 Å². The fourth-order valence-corrected chi connectivity index (χ4v) is 2.41. The zero-order chi connectivity index (χ0) is 13.4. The van der Waals surface area contributed by atoms with E-state index in [9.17, 15) is 0 Å². The number of halogens is 1. The largest absolute Gasteiger partial charge is 0.356 e. The van der Waals surface area contributed by atoms with E-state index in [2.05, 4.69) is 41.4 Å². The lowest BCUT2D eigenvalue weighted by Gasteiger charge is -2.16. The van der Waals surface area contributed by atoms with Crippen LogP contribution in [-0.2, 0) is 6.54 Å². The van der Waals surface area contributed by atoms with Gasteiger partial charge in [-0.3, -0.25) is 4.99 Å². The molecule has 0 aliphatic heterocycles. The molecule has 0 aliphatic carbocycles. The third-order valence-corrected chi connectivity index (χ3v) is 3.93. The molecular formula is C13H25IN4S. The first-order valence-electron chi connectivity index (χ1n) is 6.55. The minimum atomic E-state index is 0. The number of aliphatic imine (C=N–C) groups is 1.